The lowest BCUT2D eigenvalue weighted by molar-refractivity contribution is 0.601. The van der Waals surface area contributed by atoms with Crippen LogP contribution >= 0.6 is 0 Å². The van der Waals surface area contributed by atoms with Gasteiger partial charge in [0, 0.05) is 29.8 Å². The number of sulfonamides is 1. The monoisotopic (exact) mass is 378 g/mol. The Balaban J connectivity index is 1.59. The van der Waals surface area contributed by atoms with E-state index in [9.17, 15) is 8.42 Å². The number of nitrogens with one attached hydrogen (secondary N) is 1. The molecule has 4 aromatic rings. The molecule has 136 valence electrons. The van der Waals surface area contributed by atoms with Crippen molar-refractivity contribution in [2.24, 2.45) is 0 Å². The fourth-order valence-corrected chi connectivity index (χ4v) is 3.92. The van der Waals surface area contributed by atoms with Crippen molar-refractivity contribution in [3.8, 4) is 11.3 Å². The quantitative estimate of drug-likeness (QED) is 0.586. The van der Waals surface area contributed by atoms with Crippen molar-refractivity contribution in [1.29, 1.82) is 0 Å². The zero-order valence-corrected chi connectivity index (χ0v) is 15.7. The van der Waals surface area contributed by atoms with Gasteiger partial charge in [-0.25, -0.2) is 18.4 Å². The van der Waals surface area contributed by atoms with E-state index in [0.29, 0.717) is 11.5 Å². The Morgan fingerprint density at radius 2 is 1.78 bits per heavy atom. The summed E-state index contributed by atoms with van der Waals surface area (Å²) in [6.07, 6.45) is 5.46. The van der Waals surface area contributed by atoms with Crippen LogP contribution in [0.4, 0.5) is 5.69 Å². The summed E-state index contributed by atoms with van der Waals surface area (Å²) >= 11 is 0. The van der Waals surface area contributed by atoms with Gasteiger partial charge in [-0.15, -0.1) is 0 Å². The number of rotatable bonds is 4. The van der Waals surface area contributed by atoms with Gasteiger partial charge in [-0.2, -0.15) is 0 Å². The van der Waals surface area contributed by atoms with E-state index in [-0.39, 0.29) is 4.90 Å². The highest BCUT2D eigenvalue weighted by atomic mass is 32.2. The van der Waals surface area contributed by atoms with E-state index < -0.39 is 10.0 Å². The standard InChI is InChI=1S/C20H18N4O2S/c1-14-4-9-18(12-15(14)2)27(25,26)23-17-7-5-16(6-8-17)19-13-24-11-3-10-21-20(24)22-19/h3-13,23H,1-2H3. The van der Waals surface area contributed by atoms with Crippen LogP contribution in [0, 0.1) is 13.8 Å². The lowest BCUT2D eigenvalue weighted by Crippen LogP contribution is -2.13. The highest BCUT2D eigenvalue weighted by Crippen LogP contribution is 2.23. The fourth-order valence-electron chi connectivity index (χ4n) is 2.77. The van der Waals surface area contributed by atoms with E-state index in [4.69, 9.17) is 0 Å². The normalized spacial score (nSPS) is 11.6. The Bertz CT molecular complexity index is 1200. The lowest BCUT2D eigenvalue weighted by Gasteiger charge is -2.10. The summed E-state index contributed by atoms with van der Waals surface area (Å²) in [6, 6.07) is 14.1. The van der Waals surface area contributed by atoms with Gasteiger partial charge in [-0.05, 0) is 55.3 Å². The number of benzene rings is 2. The molecule has 0 unspecified atom stereocenters. The van der Waals surface area contributed by atoms with Gasteiger partial charge in [0.1, 0.15) is 0 Å². The van der Waals surface area contributed by atoms with Crippen molar-refractivity contribution in [3.63, 3.8) is 0 Å². The molecule has 0 saturated carbocycles. The van der Waals surface area contributed by atoms with Gasteiger partial charge in [-0.1, -0.05) is 18.2 Å². The van der Waals surface area contributed by atoms with Crippen molar-refractivity contribution in [1.82, 2.24) is 14.4 Å². The van der Waals surface area contributed by atoms with Crippen LogP contribution in [0.25, 0.3) is 17.0 Å². The molecule has 4 rings (SSSR count). The van der Waals surface area contributed by atoms with E-state index in [0.717, 1.165) is 22.4 Å². The minimum Gasteiger partial charge on any atom is -0.291 e. The molecule has 2 aromatic heterocycles. The molecule has 27 heavy (non-hydrogen) atoms. The molecular weight excluding hydrogens is 360 g/mol. The van der Waals surface area contributed by atoms with Crippen LogP contribution < -0.4 is 4.72 Å². The Labute approximate surface area is 157 Å². The van der Waals surface area contributed by atoms with Crippen molar-refractivity contribution in [3.05, 3.63) is 78.2 Å². The summed E-state index contributed by atoms with van der Waals surface area (Å²) in [5, 5.41) is 0. The van der Waals surface area contributed by atoms with E-state index in [1.54, 1.807) is 30.5 Å². The lowest BCUT2D eigenvalue weighted by atomic mass is 10.1. The van der Waals surface area contributed by atoms with Crippen LogP contribution in [0.5, 0.6) is 0 Å². The van der Waals surface area contributed by atoms with E-state index in [2.05, 4.69) is 14.7 Å². The summed E-state index contributed by atoms with van der Waals surface area (Å²) in [7, 11) is -3.63. The maximum atomic E-state index is 12.6. The van der Waals surface area contributed by atoms with Gasteiger partial charge in [0.15, 0.2) is 0 Å². The van der Waals surface area contributed by atoms with Crippen LogP contribution in [0.3, 0.4) is 0 Å². The van der Waals surface area contributed by atoms with Crippen LogP contribution in [0.1, 0.15) is 11.1 Å². The zero-order chi connectivity index (χ0) is 19.0. The number of anilines is 1. The molecule has 0 spiro atoms. The van der Waals surface area contributed by atoms with E-state index in [1.165, 1.54) is 0 Å². The van der Waals surface area contributed by atoms with Crippen LogP contribution in [-0.4, -0.2) is 22.8 Å². The van der Waals surface area contributed by atoms with Crippen LogP contribution in [-0.2, 0) is 10.0 Å². The van der Waals surface area contributed by atoms with Gasteiger partial charge >= 0.3 is 0 Å². The first-order valence-corrected chi connectivity index (χ1v) is 9.91. The second-order valence-electron chi connectivity index (χ2n) is 6.38. The molecule has 0 radical (unpaired) electrons. The number of nitrogens with zero attached hydrogens (tertiary/aromatic N) is 3. The Morgan fingerprint density at radius 1 is 1.00 bits per heavy atom. The van der Waals surface area contributed by atoms with Gasteiger partial charge in [0.25, 0.3) is 10.0 Å². The topological polar surface area (TPSA) is 76.4 Å². The number of imidazole rings is 1. The van der Waals surface area contributed by atoms with Gasteiger partial charge < -0.3 is 0 Å². The third-order valence-electron chi connectivity index (χ3n) is 4.46. The Hall–Kier alpha value is -3.19. The second kappa shape index (κ2) is 6.51. The molecule has 2 aromatic carbocycles. The smallest absolute Gasteiger partial charge is 0.261 e. The third kappa shape index (κ3) is 3.41. The summed E-state index contributed by atoms with van der Waals surface area (Å²) < 4.78 is 29.7. The first-order valence-electron chi connectivity index (χ1n) is 8.43. The largest absolute Gasteiger partial charge is 0.291 e. The van der Waals surface area contributed by atoms with Crippen LogP contribution in [0.15, 0.2) is 72.0 Å². The minimum absolute atomic E-state index is 0.251. The predicted octanol–water partition coefficient (Wildman–Crippen LogP) is 3.81. The van der Waals surface area contributed by atoms with Gasteiger partial charge in [-0.3, -0.25) is 9.12 Å². The molecule has 0 saturated heterocycles. The molecule has 1 N–H and O–H groups in total. The maximum Gasteiger partial charge on any atom is 0.261 e. The highest BCUT2D eigenvalue weighted by Gasteiger charge is 2.15. The van der Waals surface area contributed by atoms with Crippen molar-refractivity contribution >= 4 is 21.5 Å². The molecule has 0 atom stereocenters. The second-order valence-corrected chi connectivity index (χ2v) is 8.06. The molecular formula is C20H18N4O2S. The Kier molecular flexibility index (Phi) is 4.16. The molecule has 0 amide bonds. The number of hydrogen-bond acceptors (Lipinski definition) is 4. The fraction of sp³-hybridized carbons (Fsp3) is 0.100. The molecule has 0 aliphatic carbocycles. The molecule has 0 bridgehead atoms. The zero-order valence-electron chi connectivity index (χ0n) is 14.9. The maximum absolute atomic E-state index is 12.6. The average Bonchev–Trinajstić information content (AvgIpc) is 3.08. The summed E-state index contributed by atoms with van der Waals surface area (Å²) in [5.41, 5.74) is 4.15. The van der Waals surface area contributed by atoms with Crippen LogP contribution in [0.2, 0.25) is 0 Å². The van der Waals surface area contributed by atoms with Gasteiger partial charge in [0.05, 0.1) is 10.6 Å². The molecule has 0 aliphatic heterocycles. The highest BCUT2D eigenvalue weighted by molar-refractivity contribution is 7.92. The first-order chi connectivity index (χ1) is 12.9. The van der Waals surface area contributed by atoms with E-state index in [1.807, 2.05) is 54.9 Å². The minimum atomic E-state index is -3.63. The molecule has 2 heterocycles. The average molecular weight is 378 g/mol. The molecule has 0 fully saturated rings. The summed E-state index contributed by atoms with van der Waals surface area (Å²) in [6.45, 7) is 3.85. The Morgan fingerprint density at radius 3 is 2.48 bits per heavy atom. The predicted molar refractivity (Wildman–Crippen MR) is 105 cm³/mol. The first kappa shape index (κ1) is 17.2. The molecule has 6 nitrogen and oxygen atoms in total. The summed E-state index contributed by atoms with van der Waals surface area (Å²) in [4.78, 5) is 8.92. The third-order valence-corrected chi connectivity index (χ3v) is 5.84. The SMILES string of the molecule is Cc1ccc(S(=O)(=O)Nc2ccc(-c3cn4cccnc4n3)cc2)cc1C. The van der Waals surface area contributed by atoms with Gasteiger partial charge in [0.2, 0.25) is 5.78 Å². The number of aromatic nitrogens is 3. The number of hydrogen-bond donors (Lipinski definition) is 1. The van der Waals surface area contributed by atoms with Crippen molar-refractivity contribution < 1.29 is 8.42 Å². The summed E-state index contributed by atoms with van der Waals surface area (Å²) in [5.74, 6) is 0.618. The molecule has 0 aliphatic rings. The number of aryl methyl sites for hydroxylation is 2. The van der Waals surface area contributed by atoms with Crippen molar-refractivity contribution in [2.45, 2.75) is 18.7 Å². The van der Waals surface area contributed by atoms with Crippen molar-refractivity contribution in [2.75, 3.05) is 4.72 Å². The number of fused-ring (bicyclic) bond motifs is 1. The molecule has 7 heteroatoms. The van der Waals surface area contributed by atoms with E-state index >= 15 is 0 Å².